The monoisotopic (exact) mass is 281 g/mol. The van der Waals surface area contributed by atoms with Crippen molar-refractivity contribution in [1.82, 2.24) is 20.4 Å². The van der Waals surface area contributed by atoms with Crippen LogP contribution in [-0.2, 0) is 4.79 Å². The lowest BCUT2D eigenvalue weighted by Crippen LogP contribution is -2.44. The Morgan fingerprint density at radius 3 is 2.75 bits per heavy atom. The lowest BCUT2D eigenvalue weighted by Gasteiger charge is -2.30. The second-order valence-electron chi connectivity index (χ2n) is 5.54. The molecule has 0 radical (unpaired) electrons. The molecule has 2 N–H and O–H groups in total. The summed E-state index contributed by atoms with van der Waals surface area (Å²) in [5, 5.41) is 13.7. The van der Waals surface area contributed by atoms with Gasteiger partial charge < -0.3 is 9.73 Å². The van der Waals surface area contributed by atoms with Gasteiger partial charge in [-0.3, -0.25) is 15.0 Å². The molecule has 0 aliphatic carbocycles. The molecular weight excluding hydrogens is 258 g/mol. The molecular formula is C13H23N5O2. The summed E-state index contributed by atoms with van der Waals surface area (Å²) in [6, 6.07) is 0.633. The van der Waals surface area contributed by atoms with Gasteiger partial charge in [-0.05, 0) is 33.0 Å². The van der Waals surface area contributed by atoms with Gasteiger partial charge in [-0.25, -0.2) is 0 Å². The zero-order valence-electron chi connectivity index (χ0n) is 12.3. The van der Waals surface area contributed by atoms with Crippen molar-refractivity contribution in [3.05, 3.63) is 5.89 Å². The number of hydrogen-bond donors (Lipinski definition) is 2. The van der Waals surface area contributed by atoms with Gasteiger partial charge in [0.1, 0.15) is 0 Å². The topological polar surface area (TPSA) is 83.3 Å². The van der Waals surface area contributed by atoms with E-state index in [0.717, 1.165) is 25.9 Å². The van der Waals surface area contributed by atoms with Gasteiger partial charge in [0.05, 0.1) is 6.54 Å². The van der Waals surface area contributed by atoms with Crippen LogP contribution in [-0.4, -0.2) is 53.7 Å². The molecule has 1 fully saturated rings. The maximum atomic E-state index is 11.9. The Hall–Kier alpha value is -1.47. The molecule has 1 aliphatic heterocycles. The standard InChI is InChI=1S/C13H23N5O2/c1-9(2)12-16-17-13(20-12)15-11(19)8-18(3)10-4-6-14-7-5-10/h9-10,14H,4-8H2,1-3H3,(H,15,17,19). The first-order valence-corrected chi connectivity index (χ1v) is 7.10. The molecule has 0 bridgehead atoms. The van der Waals surface area contributed by atoms with Crippen molar-refractivity contribution < 1.29 is 9.21 Å². The number of carbonyl (C=O) groups excluding carboxylic acids is 1. The van der Waals surface area contributed by atoms with E-state index < -0.39 is 0 Å². The summed E-state index contributed by atoms with van der Waals surface area (Å²) in [4.78, 5) is 14.0. The van der Waals surface area contributed by atoms with Gasteiger partial charge in [0, 0.05) is 12.0 Å². The third kappa shape index (κ3) is 4.01. The molecule has 1 aliphatic rings. The van der Waals surface area contributed by atoms with Gasteiger partial charge >= 0.3 is 6.01 Å². The van der Waals surface area contributed by atoms with E-state index in [9.17, 15) is 4.79 Å². The SMILES string of the molecule is CC(C)c1nnc(NC(=O)CN(C)C2CCNCC2)o1. The number of amides is 1. The van der Waals surface area contributed by atoms with E-state index in [0.29, 0.717) is 18.5 Å². The Bertz CT molecular complexity index is 440. The molecule has 2 rings (SSSR count). The van der Waals surface area contributed by atoms with Gasteiger partial charge in [-0.15, -0.1) is 5.10 Å². The van der Waals surface area contributed by atoms with Crippen molar-refractivity contribution >= 4 is 11.9 Å². The Morgan fingerprint density at radius 2 is 2.15 bits per heavy atom. The third-order valence-corrected chi connectivity index (χ3v) is 3.51. The number of nitrogens with zero attached hydrogens (tertiary/aromatic N) is 3. The molecule has 1 saturated heterocycles. The van der Waals surface area contributed by atoms with Crippen LogP contribution in [0.5, 0.6) is 0 Å². The summed E-state index contributed by atoms with van der Waals surface area (Å²) < 4.78 is 5.36. The van der Waals surface area contributed by atoms with Gasteiger partial charge in [-0.2, -0.15) is 0 Å². The zero-order chi connectivity index (χ0) is 14.5. The Kier molecular flexibility index (Phi) is 5.08. The first kappa shape index (κ1) is 14.9. The molecule has 20 heavy (non-hydrogen) atoms. The second kappa shape index (κ2) is 6.81. The fourth-order valence-electron chi connectivity index (χ4n) is 2.28. The lowest BCUT2D eigenvalue weighted by atomic mass is 10.1. The van der Waals surface area contributed by atoms with Crippen LogP contribution in [0.3, 0.4) is 0 Å². The van der Waals surface area contributed by atoms with Crippen LogP contribution in [0.15, 0.2) is 4.42 Å². The predicted octanol–water partition coefficient (Wildman–Crippen LogP) is 0.815. The Labute approximate surface area is 119 Å². The van der Waals surface area contributed by atoms with Crippen molar-refractivity contribution in [1.29, 1.82) is 0 Å². The number of piperidine rings is 1. The highest BCUT2D eigenvalue weighted by Crippen LogP contribution is 2.15. The number of rotatable bonds is 5. The normalized spacial score (nSPS) is 16.9. The summed E-state index contributed by atoms with van der Waals surface area (Å²) in [6.45, 7) is 6.29. The highest BCUT2D eigenvalue weighted by Gasteiger charge is 2.20. The minimum Gasteiger partial charge on any atom is -0.408 e. The van der Waals surface area contributed by atoms with E-state index in [4.69, 9.17) is 4.42 Å². The van der Waals surface area contributed by atoms with E-state index in [-0.39, 0.29) is 17.8 Å². The van der Waals surface area contributed by atoms with Gasteiger partial charge in [0.15, 0.2) is 0 Å². The average molecular weight is 281 g/mol. The first-order valence-electron chi connectivity index (χ1n) is 7.10. The van der Waals surface area contributed by atoms with Crippen LogP contribution >= 0.6 is 0 Å². The van der Waals surface area contributed by atoms with Crippen LogP contribution in [0.1, 0.15) is 38.5 Å². The molecule has 0 aromatic carbocycles. The van der Waals surface area contributed by atoms with Crippen molar-refractivity contribution in [2.75, 3.05) is 32.0 Å². The minimum atomic E-state index is -0.120. The smallest absolute Gasteiger partial charge is 0.322 e. The Balaban J connectivity index is 1.81. The van der Waals surface area contributed by atoms with E-state index in [1.807, 2.05) is 20.9 Å². The molecule has 1 amide bonds. The number of carbonyl (C=O) groups is 1. The molecule has 7 heteroatoms. The molecule has 112 valence electrons. The number of aromatic nitrogens is 2. The van der Waals surface area contributed by atoms with Gasteiger partial charge in [-0.1, -0.05) is 18.9 Å². The summed E-state index contributed by atoms with van der Waals surface area (Å²) in [6.07, 6.45) is 2.14. The molecule has 7 nitrogen and oxygen atoms in total. The van der Waals surface area contributed by atoms with Crippen LogP contribution in [0.2, 0.25) is 0 Å². The largest absolute Gasteiger partial charge is 0.408 e. The number of nitrogens with one attached hydrogen (secondary N) is 2. The Morgan fingerprint density at radius 1 is 1.45 bits per heavy atom. The molecule has 1 aromatic heterocycles. The highest BCUT2D eigenvalue weighted by atomic mass is 16.4. The lowest BCUT2D eigenvalue weighted by molar-refractivity contribution is -0.117. The van der Waals surface area contributed by atoms with Crippen LogP contribution in [0, 0.1) is 0 Å². The second-order valence-corrected chi connectivity index (χ2v) is 5.54. The number of likely N-dealkylation sites (N-methyl/N-ethyl adjacent to an activating group) is 1. The van der Waals surface area contributed by atoms with Crippen molar-refractivity contribution in [2.24, 2.45) is 0 Å². The molecule has 0 spiro atoms. The zero-order valence-corrected chi connectivity index (χ0v) is 12.3. The maximum absolute atomic E-state index is 11.9. The fraction of sp³-hybridized carbons (Fsp3) is 0.769. The molecule has 0 unspecified atom stereocenters. The highest BCUT2D eigenvalue weighted by molar-refractivity contribution is 5.90. The quantitative estimate of drug-likeness (QED) is 0.831. The van der Waals surface area contributed by atoms with E-state index in [1.165, 1.54) is 0 Å². The molecule has 0 atom stereocenters. The summed E-state index contributed by atoms with van der Waals surface area (Å²) in [7, 11) is 1.98. The van der Waals surface area contributed by atoms with Crippen LogP contribution in [0.25, 0.3) is 0 Å². The molecule has 0 saturated carbocycles. The predicted molar refractivity (Wildman–Crippen MR) is 75.5 cm³/mol. The third-order valence-electron chi connectivity index (χ3n) is 3.51. The summed E-state index contributed by atoms with van der Waals surface area (Å²) in [5.41, 5.74) is 0. The minimum absolute atomic E-state index is 0.120. The van der Waals surface area contributed by atoms with E-state index >= 15 is 0 Å². The van der Waals surface area contributed by atoms with Crippen molar-refractivity contribution in [3.8, 4) is 0 Å². The molecule has 1 aromatic rings. The average Bonchev–Trinajstić information content (AvgIpc) is 2.88. The fourth-order valence-corrected chi connectivity index (χ4v) is 2.28. The summed E-state index contributed by atoms with van der Waals surface area (Å²) in [5.74, 6) is 0.572. The van der Waals surface area contributed by atoms with Gasteiger partial charge in [0.25, 0.3) is 0 Å². The van der Waals surface area contributed by atoms with E-state index in [1.54, 1.807) is 0 Å². The number of anilines is 1. The number of hydrogen-bond acceptors (Lipinski definition) is 6. The first-order chi connectivity index (χ1) is 9.56. The van der Waals surface area contributed by atoms with Crippen molar-refractivity contribution in [3.63, 3.8) is 0 Å². The molecule has 2 heterocycles. The van der Waals surface area contributed by atoms with Gasteiger partial charge in [0.2, 0.25) is 11.8 Å². The van der Waals surface area contributed by atoms with E-state index in [2.05, 4.69) is 25.7 Å². The van der Waals surface area contributed by atoms with Crippen LogP contribution < -0.4 is 10.6 Å². The van der Waals surface area contributed by atoms with Crippen molar-refractivity contribution in [2.45, 2.75) is 38.6 Å². The summed E-state index contributed by atoms with van der Waals surface area (Å²) >= 11 is 0. The maximum Gasteiger partial charge on any atom is 0.322 e. The van der Waals surface area contributed by atoms with Crippen LogP contribution in [0.4, 0.5) is 6.01 Å².